The van der Waals surface area contributed by atoms with Gasteiger partial charge in [0.25, 0.3) is 0 Å². The summed E-state index contributed by atoms with van der Waals surface area (Å²) < 4.78 is 10.2. The second kappa shape index (κ2) is 7.19. The lowest BCUT2D eigenvalue weighted by Gasteiger charge is -1.99. The summed E-state index contributed by atoms with van der Waals surface area (Å²) in [7, 11) is 1.67. The van der Waals surface area contributed by atoms with Crippen molar-refractivity contribution in [2.75, 3.05) is 32.1 Å². The Morgan fingerprint density at radius 1 is 1.33 bits per heavy atom. The smallest absolute Gasteiger partial charge is 0.315 e. The molecule has 0 bridgehead atoms. The molecule has 0 aliphatic rings. The summed E-state index contributed by atoms with van der Waals surface area (Å²) in [6, 6.07) is 0.486. The number of methoxy groups -OCH3 is 1. The summed E-state index contributed by atoms with van der Waals surface area (Å²) in [6.07, 6.45) is 1.03. The maximum Gasteiger partial charge on any atom is 0.315 e. The Morgan fingerprint density at radius 2 is 2.20 bits per heavy atom. The highest BCUT2D eigenvalue weighted by atomic mass is 16.5. The van der Waals surface area contributed by atoms with Crippen LogP contribution in [0.25, 0.3) is 0 Å². The second-order valence-corrected chi connectivity index (χ2v) is 3.10. The molecule has 86 valence electrons. The Labute approximate surface area is 89.4 Å². The molecule has 0 aromatic carbocycles. The van der Waals surface area contributed by atoms with Crippen molar-refractivity contribution in [2.24, 2.45) is 0 Å². The Kier molecular flexibility index (Phi) is 5.72. The highest BCUT2D eigenvalue weighted by molar-refractivity contribution is 5.16. The fourth-order valence-electron chi connectivity index (χ4n) is 0.998. The Morgan fingerprint density at radius 3 is 2.93 bits per heavy atom. The molecule has 0 fully saturated rings. The molecule has 0 saturated carbocycles. The van der Waals surface area contributed by atoms with E-state index in [0.717, 1.165) is 19.5 Å². The summed E-state index contributed by atoms with van der Waals surface area (Å²) in [5, 5.41) is 13.9. The van der Waals surface area contributed by atoms with Crippen LogP contribution in [0, 0.1) is 0 Å². The number of hydrogen-bond donors (Lipinski definition) is 2. The minimum Gasteiger partial charge on any atom is -0.407 e. The predicted molar refractivity (Wildman–Crippen MR) is 56.7 cm³/mol. The van der Waals surface area contributed by atoms with Crippen LogP contribution in [0.1, 0.15) is 19.2 Å². The van der Waals surface area contributed by atoms with Crippen LogP contribution >= 0.6 is 0 Å². The van der Waals surface area contributed by atoms with Gasteiger partial charge in [-0.2, -0.15) is 0 Å². The van der Waals surface area contributed by atoms with Crippen molar-refractivity contribution in [3.05, 3.63) is 5.89 Å². The number of rotatable bonds is 8. The van der Waals surface area contributed by atoms with Crippen molar-refractivity contribution in [1.29, 1.82) is 0 Å². The fourth-order valence-corrected chi connectivity index (χ4v) is 0.998. The summed E-state index contributed by atoms with van der Waals surface area (Å²) in [5.74, 6) is 0.588. The molecule has 0 atom stereocenters. The van der Waals surface area contributed by atoms with Crippen LogP contribution in [0.2, 0.25) is 0 Å². The summed E-state index contributed by atoms with van der Waals surface area (Å²) in [5.41, 5.74) is 0. The van der Waals surface area contributed by atoms with Gasteiger partial charge in [0, 0.05) is 20.2 Å². The molecular weight excluding hydrogens is 196 g/mol. The van der Waals surface area contributed by atoms with E-state index in [1.807, 2.05) is 0 Å². The molecule has 1 aromatic rings. The van der Waals surface area contributed by atoms with E-state index in [1.165, 1.54) is 0 Å². The first kappa shape index (κ1) is 11.9. The van der Waals surface area contributed by atoms with Crippen molar-refractivity contribution >= 4 is 6.01 Å². The highest BCUT2D eigenvalue weighted by Gasteiger charge is 2.03. The van der Waals surface area contributed by atoms with Gasteiger partial charge in [-0.1, -0.05) is 12.0 Å². The zero-order valence-electron chi connectivity index (χ0n) is 9.25. The third-order valence-electron chi connectivity index (χ3n) is 1.75. The maximum absolute atomic E-state index is 5.33. The molecule has 0 amide bonds. The molecule has 6 nitrogen and oxygen atoms in total. The largest absolute Gasteiger partial charge is 0.407 e. The van der Waals surface area contributed by atoms with E-state index >= 15 is 0 Å². The molecule has 0 saturated heterocycles. The molecule has 1 rings (SSSR count). The van der Waals surface area contributed by atoms with Gasteiger partial charge in [-0.25, -0.2) is 0 Å². The zero-order chi connectivity index (χ0) is 10.9. The molecule has 0 spiro atoms. The molecule has 1 heterocycles. The van der Waals surface area contributed by atoms with Gasteiger partial charge < -0.3 is 19.8 Å². The van der Waals surface area contributed by atoms with Gasteiger partial charge in [-0.3, -0.25) is 0 Å². The van der Waals surface area contributed by atoms with Gasteiger partial charge in [0.1, 0.15) is 0 Å². The first-order chi connectivity index (χ1) is 7.36. The van der Waals surface area contributed by atoms with Crippen LogP contribution in [0.3, 0.4) is 0 Å². The number of ether oxygens (including phenoxy) is 1. The average Bonchev–Trinajstić information content (AvgIpc) is 2.69. The highest BCUT2D eigenvalue weighted by Crippen LogP contribution is 2.04. The lowest BCUT2D eigenvalue weighted by molar-refractivity contribution is 0.198. The molecule has 2 N–H and O–H groups in total. The number of nitrogens with one attached hydrogen (secondary N) is 2. The molecule has 0 aliphatic carbocycles. The van der Waals surface area contributed by atoms with E-state index in [1.54, 1.807) is 7.11 Å². The van der Waals surface area contributed by atoms with Crippen LogP contribution in [0.5, 0.6) is 0 Å². The van der Waals surface area contributed by atoms with Crippen molar-refractivity contribution in [3.8, 4) is 0 Å². The zero-order valence-corrected chi connectivity index (χ0v) is 9.25. The topological polar surface area (TPSA) is 72.2 Å². The van der Waals surface area contributed by atoms with E-state index in [4.69, 9.17) is 9.15 Å². The Balaban J connectivity index is 2.20. The van der Waals surface area contributed by atoms with Crippen molar-refractivity contribution < 1.29 is 9.15 Å². The Hall–Kier alpha value is -1.14. The van der Waals surface area contributed by atoms with Crippen LogP contribution in [0.15, 0.2) is 4.42 Å². The van der Waals surface area contributed by atoms with Gasteiger partial charge in [-0.15, -0.1) is 5.10 Å². The lowest BCUT2D eigenvalue weighted by atomic mass is 10.5. The monoisotopic (exact) mass is 214 g/mol. The van der Waals surface area contributed by atoms with Gasteiger partial charge in [-0.05, 0) is 6.42 Å². The average molecular weight is 214 g/mol. The van der Waals surface area contributed by atoms with Gasteiger partial charge >= 0.3 is 6.01 Å². The van der Waals surface area contributed by atoms with Crippen LogP contribution in [-0.2, 0) is 11.3 Å². The van der Waals surface area contributed by atoms with Crippen molar-refractivity contribution in [3.63, 3.8) is 0 Å². The number of nitrogens with zero attached hydrogens (tertiary/aromatic N) is 2. The van der Waals surface area contributed by atoms with Crippen LogP contribution < -0.4 is 10.6 Å². The third kappa shape index (κ3) is 4.75. The van der Waals surface area contributed by atoms with Crippen LogP contribution in [0.4, 0.5) is 6.01 Å². The number of aromatic nitrogens is 2. The SMILES string of the molecule is CCCNc1nnc(CNCCOC)o1. The number of anilines is 1. The predicted octanol–water partition coefficient (Wildman–Crippen LogP) is 0.627. The minimum absolute atomic E-state index is 0.486. The van der Waals surface area contributed by atoms with E-state index in [9.17, 15) is 0 Å². The molecule has 6 heteroatoms. The molecule has 0 radical (unpaired) electrons. The summed E-state index contributed by atoms with van der Waals surface area (Å²) in [4.78, 5) is 0. The van der Waals surface area contributed by atoms with E-state index < -0.39 is 0 Å². The quantitative estimate of drug-likeness (QED) is 0.618. The van der Waals surface area contributed by atoms with Crippen molar-refractivity contribution in [1.82, 2.24) is 15.5 Å². The van der Waals surface area contributed by atoms with E-state index in [-0.39, 0.29) is 0 Å². The van der Waals surface area contributed by atoms with Gasteiger partial charge in [0.05, 0.1) is 13.2 Å². The Bertz CT molecular complexity index is 264. The number of hydrogen-bond acceptors (Lipinski definition) is 6. The third-order valence-corrected chi connectivity index (χ3v) is 1.75. The van der Waals surface area contributed by atoms with Crippen molar-refractivity contribution in [2.45, 2.75) is 19.9 Å². The maximum atomic E-state index is 5.33. The first-order valence-corrected chi connectivity index (χ1v) is 5.12. The first-order valence-electron chi connectivity index (χ1n) is 5.12. The normalized spacial score (nSPS) is 10.5. The standard InChI is InChI=1S/C9H18N4O2/c1-3-4-11-9-13-12-8(15-9)7-10-5-6-14-2/h10H,3-7H2,1-2H3,(H,11,13). The van der Waals surface area contributed by atoms with Gasteiger partial charge in [0.15, 0.2) is 0 Å². The molecule has 0 unspecified atom stereocenters. The second-order valence-electron chi connectivity index (χ2n) is 3.10. The molecule has 15 heavy (non-hydrogen) atoms. The van der Waals surface area contributed by atoms with E-state index in [0.29, 0.717) is 25.1 Å². The molecular formula is C9H18N4O2. The molecule has 0 aliphatic heterocycles. The molecule has 1 aromatic heterocycles. The van der Waals surface area contributed by atoms with Crippen LogP contribution in [-0.4, -0.2) is 37.0 Å². The summed E-state index contributed by atoms with van der Waals surface area (Å²) in [6.45, 7) is 4.95. The summed E-state index contributed by atoms with van der Waals surface area (Å²) >= 11 is 0. The van der Waals surface area contributed by atoms with Gasteiger partial charge in [0.2, 0.25) is 5.89 Å². The fraction of sp³-hybridized carbons (Fsp3) is 0.778. The minimum atomic E-state index is 0.486. The lowest BCUT2D eigenvalue weighted by Crippen LogP contribution is -2.18. The van der Waals surface area contributed by atoms with E-state index in [2.05, 4.69) is 27.8 Å².